The van der Waals surface area contributed by atoms with Gasteiger partial charge < -0.3 is 10.4 Å². The topological polar surface area (TPSA) is 79.3 Å². The van der Waals surface area contributed by atoms with Gasteiger partial charge in [0.25, 0.3) is 5.91 Å². The third kappa shape index (κ3) is 3.08. The predicted octanol–water partition coefficient (Wildman–Crippen LogP) is 2.63. The van der Waals surface area contributed by atoms with Crippen LogP contribution in [0.3, 0.4) is 0 Å². The van der Waals surface area contributed by atoms with Gasteiger partial charge in [-0.25, -0.2) is 0 Å². The van der Waals surface area contributed by atoms with Crippen molar-refractivity contribution in [2.45, 2.75) is 32.1 Å². The number of rotatable bonds is 5. The molecule has 2 N–H and O–H groups in total. The van der Waals surface area contributed by atoms with Crippen LogP contribution >= 0.6 is 0 Å². The number of carbonyl (C=O) groups is 2. The minimum Gasteiger partial charge on any atom is -0.481 e. The van der Waals surface area contributed by atoms with Gasteiger partial charge in [-0.1, -0.05) is 11.6 Å². The van der Waals surface area contributed by atoms with E-state index >= 15 is 0 Å². The molecular weight excluding hydrogens is 280 g/mol. The van der Waals surface area contributed by atoms with Crippen molar-refractivity contribution < 1.29 is 14.7 Å². The Morgan fingerprint density at radius 2 is 2.09 bits per heavy atom. The number of carboxylic acids is 1. The van der Waals surface area contributed by atoms with Crippen molar-refractivity contribution in [3.05, 3.63) is 41.1 Å². The second-order valence-corrected chi connectivity index (χ2v) is 5.79. The fourth-order valence-corrected chi connectivity index (χ4v) is 2.51. The standard InChI is InChI=1S/C17H18N2O3/c1-10-2-5-14-12(8-10)13(9-15(19-14)11-3-4-11)17(22)18-7-6-16(20)21/h2,5,8-9,11H,3-4,6-7H2,1H3,(H,18,22)(H,20,21). The number of benzene rings is 1. The molecule has 114 valence electrons. The molecule has 5 heteroatoms. The first-order chi connectivity index (χ1) is 10.5. The van der Waals surface area contributed by atoms with E-state index in [1.807, 2.05) is 31.2 Å². The summed E-state index contributed by atoms with van der Waals surface area (Å²) in [5.41, 5.74) is 3.42. The number of pyridine rings is 1. The van der Waals surface area contributed by atoms with Crippen molar-refractivity contribution in [2.24, 2.45) is 0 Å². The van der Waals surface area contributed by atoms with E-state index in [1.165, 1.54) is 0 Å². The molecule has 0 radical (unpaired) electrons. The number of hydrogen-bond donors (Lipinski definition) is 2. The van der Waals surface area contributed by atoms with E-state index in [1.54, 1.807) is 0 Å². The van der Waals surface area contributed by atoms with Crippen LogP contribution in [-0.2, 0) is 4.79 Å². The van der Waals surface area contributed by atoms with Crippen molar-refractivity contribution in [3.63, 3.8) is 0 Å². The molecule has 0 atom stereocenters. The molecule has 1 saturated carbocycles. The number of carboxylic acid groups (broad SMARTS) is 1. The number of hydrogen-bond acceptors (Lipinski definition) is 3. The van der Waals surface area contributed by atoms with E-state index in [-0.39, 0.29) is 18.9 Å². The van der Waals surface area contributed by atoms with E-state index in [9.17, 15) is 9.59 Å². The van der Waals surface area contributed by atoms with E-state index in [0.29, 0.717) is 11.5 Å². The summed E-state index contributed by atoms with van der Waals surface area (Å²) >= 11 is 0. The van der Waals surface area contributed by atoms with Crippen LogP contribution < -0.4 is 5.32 Å². The molecule has 1 aliphatic rings. The zero-order valence-electron chi connectivity index (χ0n) is 12.4. The minimum absolute atomic E-state index is 0.0801. The highest BCUT2D eigenvalue weighted by Gasteiger charge is 2.27. The maximum Gasteiger partial charge on any atom is 0.305 e. The highest BCUT2D eigenvalue weighted by molar-refractivity contribution is 6.06. The average Bonchev–Trinajstić information content (AvgIpc) is 3.30. The summed E-state index contributed by atoms with van der Waals surface area (Å²) in [6, 6.07) is 7.73. The number of fused-ring (bicyclic) bond motifs is 1. The molecule has 2 aromatic rings. The van der Waals surface area contributed by atoms with Crippen LogP contribution in [0.25, 0.3) is 10.9 Å². The summed E-state index contributed by atoms with van der Waals surface area (Å²) in [6.45, 7) is 2.10. The molecule has 1 aromatic heterocycles. The fourth-order valence-electron chi connectivity index (χ4n) is 2.51. The third-order valence-corrected chi connectivity index (χ3v) is 3.85. The summed E-state index contributed by atoms with van der Waals surface area (Å²) < 4.78 is 0. The Morgan fingerprint density at radius 3 is 2.77 bits per heavy atom. The van der Waals surface area contributed by atoms with Gasteiger partial charge in [-0.15, -0.1) is 0 Å². The molecule has 1 aromatic carbocycles. The van der Waals surface area contributed by atoms with Crippen molar-refractivity contribution >= 4 is 22.8 Å². The normalized spacial score (nSPS) is 14.0. The van der Waals surface area contributed by atoms with E-state index < -0.39 is 5.97 Å². The van der Waals surface area contributed by atoms with Gasteiger partial charge in [0.05, 0.1) is 17.5 Å². The lowest BCUT2D eigenvalue weighted by molar-refractivity contribution is -0.136. The molecule has 0 unspecified atom stereocenters. The third-order valence-electron chi connectivity index (χ3n) is 3.85. The van der Waals surface area contributed by atoms with Crippen LogP contribution in [0, 0.1) is 6.92 Å². The Labute approximate surface area is 128 Å². The minimum atomic E-state index is -0.922. The van der Waals surface area contributed by atoms with Crippen LogP contribution in [0.5, 0.6) is 0 Å². The maximum absolute atomic E-state index is 12.4. The van der Waals surface area contributed by atoms with Crippen molar-refractivity contribution in [2.75, 3.05) is 6.54 Å². The predicted molar refractivity (Wildman–Crippen MR) is 83.0 cm³/mol. The summed E-state index contributed by atoms with van der Waals surface area (Å²) in [4.78, 5) is 27.6. The summed E-state index contributed by atoms with van der Waals surface area (Å²) in [5.74, 6) is -0.702. The molecule has 1 aliphatic carbocycles. The number of nitrogens with zero attached hydrogens (tertiary/aromatic N) is 1. The molecular formula is C17H18N2O3. The van der Waals surface area contributed by atoms with Gasteiger partial charge in [-0.3, -0.25) is 14.6 Å². The monoisotopic (exact) mass is 298 g/mol. The number of nitrogens with one attached hydrogen (secondary N) is 1. The van der Waals surface area contributed by atoms with Crippen LogP contribution in [0.15, 0.2) is 24.3 Å². The van der Waals surface area contributed by atoms with Crippen molar-refractivity contribution in [1.82, 2.24) is 10.3 Å². The van der Waals surface area contributed by atoms with Gasteiger partial charge >= 0.3 is 5.97 Å². The molecule has 22 heavy (non-hydrogen) atoms. The van der Waals surface area contributed by atoms with Gasteiger partial charge in [0.1, 0.15) is 0 Å². The highest BCUT2D eigenvalue weighted by atomic mass is 16.4. The fraction of sp³-hybridized carbons (Fsp3) is 0.353. The zero-order valence-corrected chi connectivity index (χ0v) is 12.4. The largest absolute Gasteiger partial charge is 0.481 e. The van der Waals surface area contributed by atoms with Crippen LogP contribution in [0.1, 0.15) is 46.8 Å². The molecule has 0 aliphatic heterocycles. The van der Waals surface area contributed by atoms with Crippen molar-refractivity contribution in [3.8, 4) is 0 Å². The Balaban J connectivity index is 1.96. The van der Waals surface area contributed by atoms with Gasteiger partial charge in [0, 0.05) is 23.5 Å². The van der Waals surface area contributed by atoms with Gasteiger partial charge in [-0.05, 0) is 38.0 Å². The second kappa shape index (κ2) is 5.75. The first-order valence-electron chi connectivity index (χ1n) is 7.46. The number of aryl methyl sites for hydroxylation is 1. The van der Waals surface area contributed by atoms with Gasteiger partial charge in [0.15, 0.2) is 0 Å². The summed E-state index contributed by atoms with van der Waals surface area (Å²) in [7, 11) is 0. The Kier molecular flexibility index (Phi) is 3.79. The molecule has 1 amide bonds. The van der Waals surface area contributed by atoms with Crippen LogP contribution in [0.2, 0.25) is 0 Å². The first kappa shape index (κ1) is 14.5. The maximum atomic E-state index is 12.4. The number of aliphatic carboxylic acids is 1. The quantitative estimate of drug-likeness (QED) is 0.889. The molecule has 3 rings (SSSR count). The SMILES string of the molecule is Cc1ccc2nc(C3CC3)cc(C(=O)NCCC(=O)O)c2c1. The lowest BCUT2D eigenvalue weighted by Gasteiger charge is -2.10. The smallest absolute Gasteiger partial charge is 0.305 e. The first-order valence-corrected chi connectivity index (χ1v) is 7.46. The Hall–Kier alpha value is -2.43. The second-order valence-electron chi connectivity index (χ2n) is 5.79. The molecule has 1 fully saturated rings. The van der Waals surface area contributed by atoms with E-state index in [0.717, 1.165) is 35.0 Å². The van der Waals surface area contributed by atoms with E-state index in [4.69, 9.17) is 5.11 Å². The molecule has 0 bridgehead atoms. The number of amides is 1. The molecule has 5 nitrogen and oxygen atoms in total. The summed E-state index contributed by atoms with van der Waals surface area (Å²) in [6.07, 6.45) is 2.15. The highest BCUT2D eigenvalue weighted by Crippen LogP contribution is 2.40. The van der Waals surface area contributed by atoms with Crippen LogP contribution in [-0.4, -0.2) is 28.5 Å². The lowest BCUT2D eigenvalue weighted by atomic mass is 10.0. The Morgan fingerprint density at radius 1 is 1.32 bits per heavy atom. The van der Waals surface area contributed by atoms with Crippen molar-refractivity contribution in [1.29, 1.82) is 0 Å². The number of aromatic nitrogens is 1. The average molecular weight is 298 g/mol. The molecule has 1 heterocycles. The lowest BCUT2D eigenvalue weighted by Crippen LogP contribution is -2.26. The molecule has 0 saturated heterocycles. The number of carbonyl (C=O) groups excluding carboxylic acids is 1. The summed E-state index contributed by atoms with van der Waals surface area (Å²) in [5, 5.41) is 12.2. The zero-order chi connectivity index (χ0) is 15.7. The molecule has 0 spiro atoms. The van der Waals surface area contributed by atoms with E-state index in [2.05, 4.69) is 10.3 Å². The van der Waals surface area contributed by atoms with Crippen LogP contribution in [0.4, 0.5) is 0 Å². The van der Waals surface area contributed by atoms with Gasteiger partial charge in [0.2, 0.25) is 0 Å². The Bertz CT molecular complexity index is 751. The van der Waals surface area contributed by atoms with Gasteiger partial charge in [-0.2, -0.15) is 0 Å².